The largest absolute Gasteiger partial charge is 0.494 e. The quantitative estimate of drug-likeness (QED) is 0.450. The van der Waals surface area contributed by atoms with Crippen molar-refractivity contribution in [1.29, 1.82) is 0 Å². The topological polar surface area (TPSA) is 111 Å². The molecule has 24 heavy (non-hydrogen) atoms. The van der Waals surface area contributed by atoms with Gasteiger partial charge in [0.15, 0.2) is 0 Å². The molecule has 0 aromatic heterocycles. The van der Waals surface area contributed by atoms with Gasteiger partial charge in [0.1, 0.15) is 12.4 Å². The molecule has 0 spiro atoms. The second kappa shape index (κ2) is 9.46. The third-order valence-electron chi connectivity index (χ3n) is 2.93. The third-order valence-corrected chi connectivity index (χ3v) is 2.93. The molecule has 1 aromatic rings. The van der Waals surface area contributed by atoms with E-state index < -0.39 is 16.9 Å². The maximum atomic E-state index is 12.1. The molecule has 1 N–H and O–H groups in total. The van der Waals surface area contributed by atoms with Crippen molar-refractivity contribution in [1.82, 2.24) is 10.2 Å². The summed E-state index contributed by atoms with van der Waals surface area (Å²) < 4.78 is 5.42. The van der Waals surface area contributed by atoms with Gasteiger partial charge in [-0.05, 0) is 38.7 Å². The van der Waals surface area contributed by atoms with Crippen LogP contribution in [0.1, 0.15) is 34.1 Å². The Bertz CT molecular complexity index is 605. The van der Waals surface area contributed by atoms with Crippen LogP contribution in [0.3, 0.4) is 0 Å². The smallest absolute Gasteiger partial charge is 0.294 e. The Kier molecular flexibility index (Phi) is 7.63. The van der Waals surface area contributed by atoms with Crippen molar-refractivity contribution in [2.24, 2.45) is 0 Å². The van der Waals surface area contributed by atoms with Gasteiger partial charge in [-0.15, -0.1) is 10.1 Å². The van der Waals surface area contributed by atoms with Crippen LogP contribution in [0.2, 0.25) is 0 Å². The maximum Gasteiger partial charge on any atom is 0.294 e. The first-order chi connectivity index (χ1) is 11.5. The van der Waals surface area contributed by atoms with Gasteiger partial charge in [0.2, 0.25) is 0 Å². The molecule has 0 saturated carbocycles. The molecule has 1 heterocycles. The summed E-state index contributed by atoms with van der Waals surface area (Å²) in [5, 5.41) is 11.9. The molecule has 9 heteroatoms. The number of ether oxygens (including phenoxy) is 1. The molecule has 0 saturated heterocycles. The molecule has 1 aliphatic rings. The molecule has 1 aliphatic heterocycles. The van der Waals surface area contributed by atoms with Crippen molar-refractivity contribution in [2.45, 2.75) is 13.3 Å². The molecule has 0 radical (unpaired) electrons. The first-order valence-corrected chi connectivity index (χ1v) is 7.45. The number of nitrogens with zero attached hydrogens (tertiary/aromatic N) is 2. The number of nitrogens with one attached hydrogen (secondary N) is 1. The molecule has 0 atom stereocenters. The number of carbonyl (C=O) groups excluding carboxylic acids is 2. The highest BCUT2D eigenvalue weighted by molar-refractivity contribution is 6.21. The monoisotopic (exact) mass is 339 g/mol. The number of hydrogen-bond donors (Lipinski definition) is 1. The minimum absolute atomic E-state index is 0.168. The van der Waals surface area contributed by atoms with Gasteiger partial charge < -0.3 is 14.9 Å². The average molecular weight is 339 g/mol. The van der Waals surface area contributed by atoms with Crippen molar-refractivity contribution >= 4 is 11.8 Å². The highest BCUT2D eigenvalue weighted by Gasteiger charge is 2.35. The Morgan fingerprint density at radius 3 is 2.38 bits per heavy atom. The van der Waals surface area contributed by atoms with E-state index in [9.17, 15) is 19.7 Å². The lowest BCUT2D eigenvalue weighted by atomic mass is 10.1. The van der Waals surface area contributed by atoms with Crippen LogP contribution in [-0.2, 0) is 4.84 Å². The number of imide groups is 1. The number of hydrogen-bond acceptors (Lipinski definition) is 7. The Morgan fingerprint density at radius 2 is 1.79 bits per heavy atom. The van der Waals surface area contributed by atoms with Crippen molar-refractivity contribution in [3.05, 3.63) is 39.4 Å². The fourth-order valence-corrected chi connectivity index (χ4v) is 1.99. The highest BCUT2D eigenvalue weighted by atomic mass is 16.9. The van der Waals surface area contributed by atoms with Gasteiger partial charge in [-0.25, -0.2) is 0 Å². The Balaban J connectivity index is 0.000000891. The van der Waals surface area contributed by atoms with Crippen molar-refractivity contribution in [3.63, 3.8) is 0 Å². The van der Waals surface area contributed by atoms with E-state index in [-0.39, 0.29) is 24.3 Å². The minimum atomic E-state index is -0.963. The molecule has 0 unspecified atom stereocenters. The fraction of sp³-hybridized carbons (Fsp3) is 0.467. The molecule has 0 fully saturated rings. The summed E-state index contributed by atoms with van der Waals surface area (Å²) in [4.78, 5) is 39.3. The highest BCUT2D eigenvalue weighted by Crippen LogP contribution is 2.26. The zero-order valence-electron chi connectivity index (χ0n) is 13.9. The molecular weight excluding hydrogens is 318 g/mol. The van der Waals surface area contributed by atoms with Crippen molar-refractivity contribution in [2.75, 3.05) is 33.9 Å². The molecule has 1 aromatic carbocycles. The van der Waals surface area contributed by atoms with E-state index >= 15 is 0 Å². The molecule has 0 aliphatic carbocycles. The molecule has 2 rings (SSSR count). The lowest BCUT2D eigenvalue weighted by Gasteiger charge is -2.12. The standard InChI is InChI=1S/C13H14N2O6.C2H7N/c1-2-6-20-9-3-4-10-11(8-9)13(17)14(12(10)16)5-7-21-15(18)19;1-3-2/h3-4,8H,2,5-7H2,1H3;3H,1-2H3. The van der Waals surface area contributed by atoms with E-state index in [0.29, 0.717) is 12.4 Å². The summed E-state index contributed by atoms with van der Waals surface area (Å²) >= 11 is 0. The summed E-state index contributed by atoms with van der Waals surface area (Å²) in [6.07, 6.45) is 0.828. The number of amides is 2. The van der Waals surface area contributed by atoms with Gasteiger partial charge in [0.25, 0.3) is 16.9 Å². The summed E-state index contributed by atoms with van der Waals surface area (Å²) in [5.41, 5.74) is 0.514. The third kappa shape index (κ3) is 4.92. The van der Waals surface area contributed by atoms with E-state index in [4.69, 9.17) is 4.74 Å². The van der Waals surface area contributed by atoms with Crippen LogP contribution in [0, 0.1) is 10.1 Å². The van der Waals surface area contributed by atoms with Crippen LogP contribution in [0.25, 0.3) is 0 Å². The number of rotatable bonds is 7. The summed E-state index contributed by atoms with van der Waals surface area (Å²) in [6.45, 7) is 1.95. The van der Waals surface area contributed by atoms with Gasteiger partial charge in [-0.3, -0.25) is 14.5 Å². The Morgan fingerprint density at radius 1 is 1.17 bits per heavy atom. The summed E-state index contributed by atoms with van der Waals surface area (Å²) in [7, 11) is 3.75. The molecule has 0 bridgehead atoms. The van der Waals surface area contributed by atoms with Crippen LogP contribution in [0.15, 0.2) is 18.2 Å². The lowest BCUT2D eigenvalue weighted by Crippen LogP contribution is -2.33. The molecule has 132 valence electrons. The van der Waals surface area contributed by atoms with Gasteiger partial charge >= 0.3 is 0 Å². The zero-order chi connectivity index (χ0) is 18.1. The second-order valence-corrected chi connectivity index (χ2v) is 4.87. The zero-order valence-corrected chi connectivity index (χ0v) is 13.9. The van der Waals surface area contributed by atoms with Crippen LogP contribution in [0.5, 0.6) is 5.75 Å². The summed E-state index contributed by atoms with van der Waals surface area (Å²) in [5.74, 6) is -0.465. The predicted octanol–water partition coefficient (Wildman–Crippen LogP) is 1.12. The van der Waals surface area contributed by atoms with E-state index in [1.54, 1.807) is 6.07 Å². The maximum absolute atomic E-state index is 12.1. The van der Waals surface area contributed by atoms with Crippen LogP contribution < -0.4 is 10.1 Å². The van der Waals surface area contributed by atoms with Crippen LogP contribution in [-0.4, -0.2) is 55.7 Å². The Hall–Kier alpha value is -2.68. The molecular formula is C15H21N3O6. The normalized spacial score (nSPS) is 12.4. The van der Waals surface area contributed by atoms with E-state index in [1.165, 1.54) is 12.1 Å². The van der Waals surface area contributed by atoms with Gasteiger partial charge in [-0.1, -0.05) is 6.92 Å². The number of carbonyl (C=O) groups is 2. The number of fused-ring (bicyclic) bond motifs is 1. The van der Waals surface area contributed by atoms with Crippen molar-refractivity contribution in [3.8, 4) is 5.75 Å². The number of benzene rings is 1. The van der Waals surface area contributed by atoms with Gasteiger partial charge in [-0.2, -0.15) is 0 Å². The average Bonchev–Trinajstić information content (AvgIpc) is 2.78. The minimum Gasteiger partial charge on any atom is -0.494 e. The predicted molar refractivity (Wildman–Crippen MR) is 85.5 cm³/mol. The SMILES string of the molecule is CCCOc1ccc2c(c1)C(=O)N(CCO[N+](=O)[O-])C2=O.CNC. The van der Waals surface area contributed by atoms with Crippen molar-refractivity contribution < 1.29 is 24.3 Å². The van der Waals surface area contributed by atoms with Gasteiger partial charge in [0.05, 0.1) is 24.3 Å². The Labute approximate surface area is 139 Å². The van der Waals surface area contributed by atoms with E-state index in [0.717, 1.165) is 11.3 Å². The van der Waals surface area contributed by atoms with E-state index in [1.807, 2.05) is 21.0 Å². The first kappa shape index (κ1) is 19.4. The van der Waals surface area contributed by atoms with Crippen LogP contribution >= 0.6 is 0 Å². The molecule has 2 amide bonds. The molecule has 9 nitrogen and oxygen atoms in total. The second-order valence-electron chi connectivity index (χ2n) is 4.87. The lowest BCUT2D eigenvalue weighted by molar-refractivity contribution is -0.757. The fourth-order valence-electron chi connectivity index (χ4n) is 1.99. The first-order valence-electron chi connectivity index (χ1n) is 7.45. The van der Waals surface area contributed by atoms with Crippen LogP contribution in [0.4, 0.5) is 0 Å². The van der Waals surface area contributed by atoms with Gasteiger partial charge in [0, 0.05) is 0 Å². The van der Waals surface area contributed by atoms with E-state index in [2.05, 4.69) is 10.2 Å². The summed E-state index contributed by atoms with van der Waals surface area (Å²) in [6, 6.07) is 4.66.